The lowest BCUT2D eigenvalue weighted by Crippen LogP contribution is -2.47. The highest BCUT2D eigenvalue weighted by Gasteiger charge is 2.23. The summed E-state index contributed by atoms with van der Waals surface area (Å²) in [6.07, 6.45) is 1.54. The third-order valence-electron chi connectivity index (χ3n) is 5.97. The summed E-state index contributed by atoms with van der Waals surface area (Å²) in [6.45, 7) is 7.56. The molecule has 0 spiro atoms. The van der Waals surface area contributed by atoms with Crippen LogP contribution in [0.25, 0.3) is 11.0 Å². The maximum Gasteiger partial charge on any atom is 0.224 e. The molecule has 1 fully saturated rings. The number of hydrogen-bond donors (Lipinski definition) is 1. The van der Waals surface area contributed by atoms with Crippen LogP contribution in [-0.4, -0.2) is 51.0 Å². The number of nitrogens with zero attached hydrogens (tertiary/aromatic N) is 5. The number of aromatic nitrogens is 4. The molecule has 164 valence electrons. The van der Waals surface area contributed by atoms with E-state index in [0.717, 1.165) is 54.4 Å². The Morgan fingerprint density at radius 3 is 2.59 bits per heavy atom. The molecule has 1 N–H and O–H groups in total. The maximum atomic E-state index is 13.2. The van der Waals surface area contributed by atoms with Crippen molar-refractivity contribution in [2.24, 2.45) is 0 Å². The molecule has 1 atom stereocenters. The van der Waals surface area contributed by atoms with E-state index in [2.05, 4.69) is 36.7 Å². The Balaban J connectivity index is 1.26. The molecule has 32 heavy (non-hydrogen) atoms. The van der Waals surface area contributed by atoms with Gasteiger partial charge in [-0.1, -0.05) is 18.2 Å². The SMILES string of the molecule is Cc1nc2c(Oc3cc(N4CCN(C(C)c5ccc(F)cc5)CC4)ncn3)cccc2[nH]1. The Bertz CT molecular complexity index is 1220. The lowest BCUT2D eigenvalue weighted by Gasteiger charge is -2.38. The molecular weight excluding hydrogens is 407 g/mol. The maximum absolute atomic E-state index is 13.2. The summed E-state index contributed by atoms with van der Waals surface area (Å²) in [5.41, 5.74) is 2.84. The van der Waals surface area contributed by atoms with Crippen LogP contribution in [0, 0.1) is 12.7 Å². The molecule has 0 aliphatic carbocycles. The predicted octanol–water partition coefficient (Wildman–Crippen LogP) is 4.48. The number of benzene rings is 2. The Labute approximate surface area is 185 Å². The van der Waals surface area contributed by atoms with Gasteiger partial charge in [-0.15, -0.1) is 0 Å². The molecule has 0 amide bonds. The van der Waals surface area contributed by atoms with Crippen LogP contribution >= 0.6 is 0 Å². The smallest absolute Gasteiger partial charge is 0.224 e. The van der Waals surface area contributed by atoms with E-state index in [1.807, 2.05) is 43.3 Å². The van der Waals surface area contributed by atoms with Gasteiger partial charge in [0.25, 0.3) is 0 Å². The number of hydrogen-bond acceptors (Lipinski definition) is 6. The lowest BCUT2D eigenvalue weighted by atomic mass is 10.1. The van der Waals surface area contributed by atoms with Crippen molar-refractivity contribution in [2.75, 3.05) is 31.1 Å². The highest BCUT2D eigenvalue weighted by molar-refractivity contribution is 5.82. The minimum absolute atomic E-state index is 0.203. The second-order valence-electron chi connectivity index (χ2n) is 8.04. The molecule has 0 saturated carbocycles. The van der Waals surface area contributed by atoms with Gasteiger partial charge in [0, 0.05) is 38.3 Å². The first-order valence-electron chi connectivity index (χ1n) is 10.8. The quantitative estimate of drug-likeness (QED) is 0.502. The number of fused-ring (bicyclic) bond motifs is 1. The highest BCUT2D eigenvalue weighted by Crippen LogP contribution is 2.29. The number of ether oxygens (including phenoxy) is 1. The van der Waals surface area contributed by atoms with E-state index >= 15 is 0 Å². The normalized spacial score (nSPS) is 15.8. The summed E-state index contributed by atoms with van der Waals surface area (Å²) in [6, 6.07) is 14.7. The van der Waals surface area contributed by atoms with Gasteiger partial charge in [0.2, 0.25) is 5.88 Å². The second kappa shape index (κ2) is 8.55. The summed E-state index contributed by atoms with van der Waals surface area (Å²) in [7, 11) is 0. The summed E-state index contributed by atoms with van der Waals surface area (Å²) < 4.78 is 19.3. The van der Waals surface area contributed by atoms with E-state index in [1.165, 1.54) is 18.5 Å². The van der Waals surface area contributed by atoms with Crippen LogP contribution in [0.3, 0.4) is 0 Å². The molecular formula is C24H25FN6O. The predicted molar refractivity (Wildman–Crippen MR) is 122 cm³/mol. The minimum Gasteiger partial charge on any atom is -0.436 e. The molecule has 5 rings (SSSR count). The van der Waals surface area contributed by atoms with Crippen molar-refractivity contribution in [3.8, 4) is 11.6 Å². The largest absolute Gasteiger partial charge is 0.436 e. The zero-order valence-corrected chi connectivity index (χ0v) is 18.1. The fourth-order valence-electron chi connectivity index (χ4n) is 4.17. The molecule has 3 heterocycles. The molecule has 8 heteroatoms. The van der Waals surface area contributed by atoms with Gasteiger partial charge in [0.05, 0.1) is 5.52 Å². The van der Waals surface area contributed by atoms with E-state index in [1.54, 1.807) is 0 Å². The Morgan fingerprint density at radius 1 is 1.03 bits per heavy atom. The van der Waals surface area contributed by atoms with Crippen LogP contribution in [0.4, 0.5) is 10.2 Å². The Hall–Kier alpha value is -3.52. The van der Waals surface area contributed by atoms with Crippen molar-refractivity contribution in [1.29, 1.82) is 0 Å². The molecule has 4 aromatic rings. The fourth-order valence-corrected chi connectivity index (χ4v) is 4.17. The van der Waals surface area contributed by atoms with E-state index < -0.39 is 0 Å². The van der Waals surface area contributed by atoms with Gasteiger partial charge in [-0.25, -0.2) is 19.3 Å². The number of nitrogens with one attached hydrogen (secondary N) is 1. The van der Waals surface area contributed by atoms with Crippen molar-refractivity contribution in [2.45, 2.75) is 19.9 Å². The van der Waals surface area contributed by atoms with Crippen LogP contribution in [-0.2, 0) is 0 Å². The van der Waals surface area contributed by atoms with Gasteiger partial charge in [-0.3, -0.25) is 4.90 Å². The highest BCUT2D eigenvalue weighted by atomic mass is 19.1. The molecule has 0 radical (unpaired) electrons. The van der Waals surface area contributed by atoms with Gasteiger partial charge < -0.3 is 14.6 Å². The van der Waals surface area contributed by atoms with Gasteiger partial charge in [-0.05, 0) is 43.7 Å². The number of aryl methyl sites for hydroxylation is 1. The molecule has 2 aromatic carbocycles. The summed E-state index contributed by atoms with van der Waals surface area (Å²) >= 11 is 0. The third kappa shape index (κ3) is 4.13. The minimum atomic E-state index is -0.203. The zero-order chi connectivity index (χ0) is 22.1. The van der Waals surface area contributed by atoms with E-state index in [-0.39, 0.29) is 11.9 Å². The van der Waals surface area contributed by atoms with Crippen molar-refractivity contribution in [3.63, 3.8) is 0 Å². The van der Waals surface area contributed by atoms with E-state index in [9.17, 15) is 4.39 Å². The number of rotatable bonds is 5. The average Bonchev–Trinajstić information content (AvgIpc) is 3.21. The van der Waals surface area contributed by atoms with Crippen LogP contribution in [0.15, 0.2) is 54.9 Å². The standard InChI is InChI=1S/C24H25FN6O/c1-16(18-6-8-19(25)9-7-18)30-10-12-31(13-11-30)22-14-23(27-15-26-22)32-21-5-3-4-20-24(21)29-17(2)28-20/h3-9,14-16H,10-13H2,1-2H3,(H,28,29). The number of piperazine rings is 1. The summed E-state index contributed by atoms with van der Waals surface area (Å²) in [5, 5.41) is 0. The first-order chi connectivity index (χ1) is 15.6. The van der Waals surface area contributed by atoms with Gasteiger partial charge in [0.15, 0.2) is 5.75 Å². The van der Waals surface area contributed by atoms with Crippen LogP contribution in [0.5, 0.6) is 11.6 Å². The van der Waals surface area contributed by atoms with Crippen LogP contribution in [0.2, 0.25) is 0 Å². The van der Waals surface area contributed by atoms with Crippen molar-refractivity contribution >= 4 is 16.9 Å². The molecule has 2 aromatic heterocycles. The Morgan fingerprint density at radius 2 is 1.81 bits per heavy atom. The van der Waals surface area contributed by atoms with Crippen molar-refractivity contribution < 1.29 is 9.13 Å². The average molecular weight is 433 g/mol. The van der Waals surface area contributed by atoms with Crippen molar-refractivity contribution in [1.82, 2.24) is 24.8 Å². The lowest BCUT2D eigenvalue weighted by molar-refractivity contribution is 0.198. The molecule has 1 saturated heterocycles. The van der Waals surface area contributed by atoms with Crippen LogP contribution in [0.1, 0.15) is 24.4 Å². The zero-order valence-electron chi connectivity index (χ0n) is 18.1. The number of H-pyrrole nitrogens is 1. The molecule has 1 aliphatic rings. The summed E-state index contributed by atoms with van der Waals surface area (Å²) in [4.78, 5) is 21.1. The second-order valence-corrected chi connectivity index (χ2v) is 8.04. The van der Waals surface area contributed by atoms with Crippen LogP contribution < -0.4 is 9.64 Å². The van der Waals surface area contributed by atoms with Gasteiger partial charge in [0.1, 0.15) is 29.3 Å². The van der Waals surface area contributed by atoms with Gasteiger partial charge >= 0.3 is 0 Å². The van der Waals surface area contributed by atoms with Gasteiger partial charge in [-0.2, -0.15) is 0 Å². The van der Waals surface area contributed by atoms with E-state index in [0.29, 0.717) is 11.6 Å². The Kier molecular flexibility index (Phi) is 5.45. The number of para-hydroxylation sites is 1. The fraction of sp³-hybridized carbons (Fsp3) is 0.292. The monoisotopic (exact) mass is 432 g/mol. The molecule has 1 aliphatic heterocycles. The number of anilines is 1. The van der Waals surface area contributed by atoms with E-state index in [4.69, 9.17) is 4.74 Å². The number of aromatic amines is 1. The topological polar surface area (TPSA) is 70.2 Å². The first kappa shape index (κ1) is 20.4. The molecule has 1 unspecified atom stereocenters. The van der Waals surface area contributed by atoms with Crippen molar-refractivity contribution in [3.05, 3.63) is 72.1 Å². The summed E-state index contributed by atoms with van der Waals surface area (Å²) in [5.74, 6) is 2.63. The third-order valence-corrected chi connectivity index (χ3v) is 5.97. The first-order valence-corrected chi connectivity index (χ1v) is 10.8. The molecule has 0 bridgehead atoms. The molecule has 7 nitrogen and oxygen atoms in total. The number of imidazole rings is 1. The number of halogens is 1.